The molecule has 2 aromatic heterocycles. The molecule has 0 amide bonds. The van der Waals surface area contributed by atoms with E-state index in [-0.39, 0.29) is 11.7 Å². The number of pyridine rings is 1. The Morgan fingerprint density at radius 2 is 2.25 bits per heavy atom. The molecule has 2 aromatic rings. The maximum Gasteiger partial charge on any atom is 0.397 e. The second kappa shape index (κ2) is 4.56. The summed E-state index contributed by atoms with van der Waals surface area (Å²) in [6.45, 7) is 0. The third kappa shape index (κ3) is 2.18. The van der Waals surface area contributed by atoms with Crippen LogP contribution in [0.3, 0.4) is 0 Å². The van der Waals surface area contributed by atoms with Crippen molar-refractivity contribution >= 4 is 28.6 Å². The number of carbonyl (C=O) groups is 1. The number of hydrogen-bond donors (Lipinski definition) is 0. The van der Waals surface area contributed by atoms with E-state index >= 15 is 0 Å². The molecular weight excluding hydrogens is 325 g/mol. The zero-order chi connectivity index (χ0) is 11.5. The lowest BCUT2D eigenvalue weighted by Gasteiger charge is -1.93. The topological polar surface area (TPSA) is 78.1 Å². The Balaban J connectivity index is 2.35. The van der Waals surface area contributed by atoms with E-state index < -0.39 is 5.97 Å². The first-order valence-electron chi connectivity index (χ1n) is 4.25. The van der Waals surface area contributed by atoms with Crippen LogP contribution >= 0.6 is 22.6 Å². The number of methoxy groups -OCH3 is 1. The molecule has 7 heteroatoms. The largest absolute Gasteiger partial charge is 0.462 e. The predicted molar refractivity (Wildman–Crippen MR) is 61.6 cm³/mol. The van der Waals surface area contributed by atoms with E-state index in [9.17, 15) is 4.79 Å². The molecule has 0 aliphatic rings. The van der Waals surface area contributed by atoms with Crippen molar-refractivity contribution in [3.8, 4) is 11.5 Å². The van der Waals surface area contributed by atoms with Crippen molar-refractivity contribution in [2.24, 2.45) is 0 Å². The van der Waals surface area contributed by atoms with Crippen LogP contribution in [-0.4, -0.2) is 28.2 Å². The number of esters is 1. The SMILES string of the molecule is COC(=O)c1nc(-c2cccc(I)n2)no1. The molecule has 16 heavy (non-hydrogen) atoms. The first kappa shape index (κ1) is 11.0. The van der Waals surface area contributed by atoms with E-state index in [1.165, 1.54) is 7.11 Å². The zero-order valence-electron chi connectivity index (χ0n) is 8.18. The van der Waals surface area contributed by atoms with E-state index in [4.69, 9.17) is 4.52 Å². The van der Waals surface area contributed by atoms with Gasteiger partial charge in [-0.3, -0.25) is 0 Å². The van der Waals surface area contributed by atoms with Gasteiger partial charge in [0.1, 0.15) is 9.39 Å². The van der Waals surface area contributed by atoms with Crippen LogP contribution in [-0.2, 0) is 4.74 Å². The van der Waals surface area contributed by atoms with Gasteiger partial charge in [-0.05, 0) is 34.7 Å². The lowest BCUT2D eigenvalue weighted by molar-refractivity contribution is 0.0545. The summed E-state index contributed by atoms with van der Waals surface area (Å²) >= 11 is 2.07. The Morgan fingerprint density at radius 1 is 1.44 bits per heavy atom. The summed E-state index contributed by atoms with van der Waals surface area (Å²) in [6.07, 6.45) is 0. The number of ether oxygens (including phenoxy) is 1. The molecule has 0 fully saturated rings. The molecule has 0 saturated heterocycles. The highest BCUT2D eigenvalue weighted by Crippen LogP contribution is 2.14. The molecule has 0 atom stereocenters. The fourth-order valence-electron chi connectivity index (χ4n) is 1.03. The number of carbonyl (C=O) groups excluding carboxylic acids is 1. The van der Waals surface area contributed by atoms with E-state index in [2.05, 4.69) is 42.5 Å². The Hall–Kier alpha value is -1.51. The van der Waals surface area contributed by atoms with Crippen molar-refractivity contribution in [2.75, 3.05) is 7.11 Å². The van der Waals surface area contributed by atoms with E-state index in [0.29, 0.717) is 5.69 Å². The van der Waals surface area contributed by atoms with E-state index in [0.717, 1.165) is 3.70 Å². The van der Waals surface area contributed by atoms with E-state index in [1.807, 2.05) is 12.1 Å². The van der Waals surface area contributed by atoms with Gasteiger partial charge in [0.15, 0.2) is 0 Å². The summed E-state index contributed by atoms with van der Waals surface area (Å²) in [5.41, 5.74) is 0.547. The summed E-state index contributed by atoms with van der Waals surface area (Å²) in [4.78, 5) is 19.2. The molecule has 0 saturated carbocycles. The van der Waals surface area contributed by atoms with Gasteiger partial charge in [-0.2, -0.15) is 4.98 Å². The zero-order valence-corrected chi connectivity index (χ0v) is 10.3. The molecule has 0 radical (unpaired) electrons. The minimum atomic E-state index is -0.663. The average molecular weight is 331 g/mol. The minimum Gasteiger partial charge on any atom is -0.462 e. The minimum absolute atomic E-state index is 0.182. The van der Waals surface area contributed by atoms with Crippen molar-refractivity contribution in [3.63, 3.8) is 0 Å². The molecule has 0 aliphatic carbocycles. The highest BCUT2D eigenvalue weighted by Gasteiger charge is 2.16. The molecule has 82 valence electrons. The van der Waals surface area contributed by atoms with Crippen molar-refractivity contribution < 1.29 is 14.1 Å². The quantitative estimate of drug-likeness (QED) is 0.472. The first-order valence-corrected chi connectivity index (χ1v) is 5.33. The highest BCUT2D eigenvalue weighted by atomic mass is 127. The summed E-state index contributed by atoms with van der Waals surface area (Å²) in [6, 6.07) is 5.39. The Labute approximate surface area is 104 Å². The van der Waals surface area contributed by atoms with Gasteiger partial charge in [-0.15, -0.1) is 0 Å². The van der Waals surface area contributed by atoms with Gasteiger partial charge < -0.3 is 9.26 Å². The lowest BCUT2D eigenvalue weighted by atomic mass is 10.3. The van der Waals surface area contributed by atoms with Crippen molar-refractivity contribution in [3.05, 3.63) is 27.8 Å². The predicted octanol–water partition coefficient (Wildman–Crippen LogP) is 1.52. The number of hydrogen-bond acceptors (Lipinski definition) is 6. The molecule has 0 N–H and O–H groups in total. The summed E-state index contributed by atoms with van der Waals surface area (Å²) in [5.74, 6) is -0.582. The van der Waals surface area contributed by atoms with Gasteiger partial charge in [0.2, 0.25) is 5.82 Å². The Bertz CT molecular complexity index is 526. The van der Waals surface area contributed by atoms with Crippen LogP contribution in [0, 0.1) is 3.70 Å². The molecule has 6 nitrogen and oxygen atoms in total. The number of halogens is 1. The molecular formula is C9H6IN3O3. The second-order valence-corrected chi connectivity index (χ2v) is 3.87. The maximum atomic E-state index is 11.1. The summed E-state index contributed by atoms with van der Waals surface area (Å²) in [5, 5.41) is 3.64. The van der Waals surface area contributed by atoms with Gasteiger partial charge in [-0.25, -0.2) is 9.78 Å². The molecule has 0 spiro atoms. The van der Waals surface area contributed by atoms with Crippen molar-refractivity contribution in [1.82, 2.24) is 15.1 Å². The fraction of sp³-hybridized carbons (Fsp3) is 0.111. The van der Waals surface area contributed by atoms with Crippen LogP contribution in [0.1, 0.15) is 10.7 Å². The molecule has 0 aromatic carbocycles. The molecule has 0 aliphatic heterocycles. The molecule has 2 heterocycles. The highest BCUT2D eigenvalue weighted by molar-refractivity contribution is 14.1. The van der Waals surface area contributed by atoms with Gasteiger partial charge in [0.25, 0.3) is 0 Å². The Morgan fingerprint density at radius 3 is 2.94 bits per heavy atom. The maximum absolute atomic E-state index is 11.1. The van der Waals surface area contributed by atoms with Crippen LogP contribution in [0.4, 0.5) is 0 Å². The average Bonchev–Trinajstić information content (AvgIpc) is 2.77. The van der Waals surface area contributed by atoms with Crippen LogP contribution in [0.2, 0.25) is 0 Å². The van der Waals surface area contributed by atoms with Gasteiger partial charge in [0.05, 0.1) is 7.11 Å². The van der Waals surface area contributed by atoms with Crippen LogP contribution < -0.4 is 0 Å². The summed E-state index contributed by atoms with van der Waals surface area (Å²) in [7, 11) is 1.25. The number of aromatic nitrogens is 3. The third-order valence-electron chi connectivity index (χ3n) is 1.73. The fourth-order valence-corrected chi connectivity index (χ4v) is 1.50. The van der Waals surface area contributed by atoms with Gasteiger partial charge in [0, 0.05) is 0 Å². The summed E-state index contributed by atoms with van der Waals surface area (Å²) < 4.78 is 9.99. The lowest BCUT2D eigenvalue weighted by Crippen LogP contribution is -2.01. The second-order valence-electron chi connectivity index (χ2n) is 2.76. The molecule has 0 unspecified atom stereocenters. The van der Waals surface area contributed by atoms with Gasteiger partial charge >= 0.3 is 11.9 Å². The van der Waals surface area contributed by atoms with Crippen molar-refractivity contribution in [1.29, 1.82) is 0 Å². The van der Waals surface area contributed by atoms with Crippen LogP contribution in [0.25, 0.3) is 11.5 Å². The first-order chi connectivity index (χ1) is 7.70. The molecule has 2 rings (SSSR count). The van der Waals surface area contributed by atoms with Crippen LogP contribution in [0.5, 0.6) is 0 Å². The third-order valence-corrected chi connectivity index (χ3v) is 2.33. The van der Waals surface area contributed by atoms with Crippen molar-refractivity contribution in [2.45, 2.75) is 0 Å². The normalized spacial score (nSPS) is 10.1. The van der Waals surface area contributed by atoms with Gasteiger partial charge in [-0.1, -0.05) is 11.2 Å². The standard InChI is InChI=1S/C9H6IN3O3/c1-15-9(14)8-12-7(13-16-8)5-3-2-4-6(10)11-5/h2-4H,1H3. The Kier molecular flexibility index (Phi) is 3.13. The van der Waals surface area contributed by atoms with Crippen LogP contribution in [0.15, 0.2) is 22.7 Å². The monoisotopic (exact) mass is 331 g/mol. The molecule has 0 bridgehead atoms. The number of nitrogens with zero attached hydrogens (tertiary/aromatic N) is 3. The number of rotatable bonds is 2. The van der Waals surface area contributed by atoms with E-state index in [1.54, 1.807) is 6.07 Å². The smallest absolute Gasteiger partial charge is 0.397 e.